The van der Waals surface area contributed by atoms with E-state index in [-0.39, 0.29) is 18.7 Å². The number of aliphatic hydroxyl groups is 1. The fourth-order valence-corrected chi connectivity index (χ4v) is 1.53. The summed E-state index contributed by atoms with van der Waals surface area (Å²) in [6, 6.07) is 0. The molecule has 1 atom stereocenters. The highest BCUT2D eigenvalue weighted by atomic mass is 32.2. The van der Waals surface area contributed by atoms with Crippen LogP contribution in [0.1, 0.15) is 27.2 Å². The predicted octanol–water partition coefficient (Wildman–Crippen LogP) is 1.44. The molecule has 0 aromatic carbocycles. The second kappa shape index (κ2) is 7.21. The predicted molar refractivity (Wildman–Crippen MR) is 54.9 cm³/mol. The molecule has 0 rings (SSSR count). The summed E-state index contributed by atoms with van der Waals surface area (Å²) in [7, 11) is 0. The van der Waals surface area contributed by atoms with E-state index in [2.05, 4.69) is 0 Å². The summed E-state index contributed by atoms with van der Waals surface area (Å²) in [6.45, 7) is 5.83. The van der Waals surface area contributed by atoms with E-state index < -0.39 is 0 Å². The molecule has 0 aliphatic carbocycles. The molecule has 78 valence electrons. The molecule has 0 fully saturated rings. The molecule has 0 aromatic rings. The van der Waals surface area contributed by atoms with Crippen molar-refractivity contribution in [2.45, 2.75) is 38.5 Å². The monoisotopic (exact) mass is 206 g/mol. The molecular weight excluding hydrogens is 188 g/mol. The molecule has 0 saturated heterocycles. The van der Waals surface area contributed by atoms with E-state index in [9.17, 15) is 4.79 Å². The first-order valence-corrected chi connectivity index (χ1v) is 5.53. The van der Waals surface area contributed by atoms with Crippen molar-refractivity contribution >= 4 is 17.7 Å². The smallest absolute Gasteiger partial charge is 0.316 e. The van der Waals surface area contributed by atoms with Crippen LogP contribution >= 0.6 is 11.8 Å². The fourth-order valence-electron chi connectivity index (χ4n) is 0.772. The van der Waals surface area contributed by atoms with Gasteiger partial charge in [-0.15, -0.1) is 11.8 Å². The SMILES string of the molecule is CC(C)OC(=O)CSC(C)CCO. The molecule has 0 aliphatic rings. The van der Waals surface area contributed by atoms with Gasteiger partial charge in [-0.05, 0) is 20.3 Å². The quantitative estimate of drug-likeness (QED) is 0.668. The van der Waals surface area contributed by atoms with E-state index >= 15 is 0 Å². The Bertz CT molecular complexity index is 148. The molecule has 13 heavy (non-hydrogen) atoms. The Kier molecular flexibility index (Phi) is 7.09. The maximum absolute atomic E-state index is 11.1. The lowest BCUT2D eigenvalue weighted by Gasteiger charge is -2.10. The fraction of sp³-hybridized carbons (Fsp3) is 0.889. The number of hydrogen-bond donors (Lipinski definition) is 1. The van der Waals surface area contributed by atoms with E-state index in [0.717, 1.165) is 6.42 Å². The van der Waals surface area contributed by atoms with Crippen LogP contribution in [-0.4, -0.2) is 34.8 Å². The van der Waals surface area contributed by atoms with Crippen molar-refractivity contribution in [3.8, 4) is 0 Å². The standard InChI is InChI=1S/C9H18O3S/c1-7(2)12-9(11)6-13-8(3)4-5-10/h7-8,10H,4-6H2,1-3H3. The largest absolute Gasteiger partial charge is 0.462 e. The third-order valence-electron chi connectivity index (χ3n) is 1.39. The van der Waals surface area contributed by atoms with Crippen molar-refractivity contribution in [3.05, 3.63) is 0 Å². The molecule has 4 heteroatoms. The van der Waals surface area contributed by atoms with E-state index in [0.29, 0.717) is 11.0 Å². The molecule has 0 amide bonds. The first-order chi connectivity index (χ1) is 6.06. The average molecular weight is 206 g/mol. The third-order valence-corrected chi connectivity index (χ3v) is 2.60. The van der Waals surface area contributed by atoms with Crippen molar-refractivity contribution in [3.63, 3.8) is 0 Å². The highest BCUT2D eigenvalue weighted by Gasteiger charge is 2.08. The van der Waals surface area contributed by atoms with Crippen LogP contribution < -0.4 is 0 Å². The zero-order valence-corrected chi connectivity index (χ0v) is 9.26. The zero-order chi connectivity index (χ0) is 10.3. The third kappa shape index (κ3) is 8.12. The van der Waals surface area contributed by atoms with Gasteiger partial charge in [-0.3, -0.25) is 4.79 Å². The minimum Gasteiger partial charge on any atom is -0.462 e. The number of esters is 1. The maximum atomic E-state index is 11.1. The summed E-state index contributed by atoms with van der Waals surface area (Å²) < 4.78 is 4.96. The van der Waals surface area contributed by atoms with Crippen molar-refractivity contribution < 1.29 is 14.6 Å². The Balaban J connectivity index is 3.46. The minimum atomic E-state index is -0.176. The van der Waals surface area contributed by atoms with Crippen LogP contribution in [0.25, 0.3) is 0 Å². The highest BCUT2D eigenvalue weighted by Crippen LogP contribution is 2.13. The number of thioether (sulfide) groups is 1. The normalized spacial score (nSPS) is 13.0. The second-order valence-electron chi connectivity index (χ2n) is 3.17. The summed E-state index contributed by atoms with van der Waals surface area (Å²) in [6.07, 6.45) is 0.681. The summed E-state index contributed by atoms with van der Waals surface area (Å²) in [5.74, 6) is 0.198. The number of hydrogen-bond acceptors (Lipinski definition) is 4. The second-order valence-corrected chi connectivity index (χ2v) is 4.60. The number of aliphatic hydroxyl groups excluding tert-OH is 1. The van der Waals surface area contributed by atoms with E-state index in [1.54, 1.807) is 0 Å². The molecule has 0 saturated carbocycles. The lowest BCUT2D eigenvalue weighted by atomic mass is 10.3. The number of rotatable bonds is 6. The van der Waals surface area contributed by atoms with Gasteiger partial charge in [0, 0.05) is 11.9 Å². The van der Waals surface area contributed by atoms with Gasteiger partial charge in [-0.1, -0.05) is 6.92 Å². The van der Waals surface area contributed by atoms with Crippen LogP contribution in [0.5, 0.6) is 0 Å². The Hall–Kier alpha value is -0.220. The van der Waals surface area contributed by atoms with Gasteiger partial charge < -0.3 is 9.84 Å². The van der Waals surface area contributed by atoms with Gasteiger partial charge in [0.05, 0.1) is 11.9 Å². The van der Waals surface area contributed by atoms with Gasteiger partial charge in [0.25, 0.3) is 0 Å². The molecule has 3 nitrogen and oxygen atoms in total. The van der Waals surface area contributed by atoms with Crippen molar-refractivity contribution in [1.29, 1.82) is 0 Å². The van der Waals surface area contributed by atoms with E-state index in [1.165, 1.54) is 11.8 Å². The van der Waals surface area contributed by atoms with Crippen molar-refractivity contribution in [2.24, 2.45) is 0 Å². The summed E-state index contributed by atoms with van der Waals surface area (Å²) in [5, 5.41) is 8.93. The number of carbonyl (C=O) groups is 1. The average Bonchev–Trinajstić information content (AvgIpc) is 2.00. The highest BCUT2D eigenvalue weighted by molar-refractivity contribution is 8.00. The van der Waals surface area contributed by atoms with Gasteiger partial charge in [0.15, 0.2) is 0 Å². The van der Waals surface area contributed by atoms with Crippen LogP contribution in [-0.2, 0) is 9.53 Å². The van der Waals surface area contributed by atoms with E-state index in [4.69, 9.17) is 9.84 Å². The summed E-state index contributed by atoms with van der Waals surface area (Å²) in [4.78, 5) is 11.1. The van der Waals surface area contributed by atoms with Crippen LogP contribution in [0.15, 0.2) is 0 Å². The molecule has 0 bridgehead atoms. The van der Waals surface area contributed by atoms with Gasteiger partial charge in [-0.25, -0.2) is 0 Å². The minimum absolute atomic E-state index is 0.0405. The molecule has 0 spiro atoms. The van der Waals surface area contributed by atoms with Crippen molar-refractivity contribution in [1.82, 2.24) is 0 Å². The first-order valence-electron chi connectivity index (χ1n) is 4.48. The Labute approximate surface area is 83.9 Å². The Morgan fingerprint density at radius 2 is 2.08 bits per heavy atom. The molecule has 1 unspecified atom stereocenters. The number of ether oxygens (including phenoxy) is 1. The Morgan fingerprint density at radius 1 is 1.46 bits per heavy atom. The molecule has 0 aliphatic heterocycles. The van der Waals surface area contributed by atoms with E-state index in [1.807, 2.05) is 20.8 Å². The molecule has 0 aromatic heterocycles. The van der Waals surface area contributed by atoms with Crippen LogP contribution in [0.2, 0.25) is 0 Å². The molecule has 0 radical (unpaired) electrons. The summed E-state index contributed by atoms with van der Waals surface area (Å²) in [5.41, 5.74) is 0. The van der Waals surface area contributed by atoms with Crippen LogP contribution in [0, 0.1) is 0 Å². The molecule has 0 heterocycles. The number of carbonyl (C=O) groups excluding carboxylic acids is 1. The van der Waals surface area contributed by atoms with Crippen molar-refractivity contribution in [2.75, 3.05) is 12.4 Å². The van der Waals surface area contributed by atoms with Crippen LogP contribution in [0.4, 0.5) is 0 Å². The molecule has 1 N–H and O–H groups in total. The van der Waals surface area contributed by atoms with Gasteiger partial charge in [0.1, 0.15) is 0 Å². The summed E-state index contributed by atoms with van der Waals surface area (Å²) >= 11 is 1.52. The Morgan fingerprint density at radius 3 is 2.54 bits per heavy atom. The van der Waals surface area contributed by atoms with Gasteiger partial charge >= 0.3 is 5.97 Å². The van der Waals surface area contributed by atoms with Gasteiger partial charge in [0.2, 0.25) is 0 Å². The van der Waals surface area contributed by atoms with Gasteiger partial charge in [-0.2, -0.15) is 0 Å². The maximum Gasteiger partial charge on any atom is 0.316 e. The lowest BCUT2D eigenvalue weighted by molar-refractivity contribution is -0.144. The first kappa shape index (κ1) is 12.8. The molecular formula is C9H18O3S. The van der Waals surface area contributed by atoms with Crippen LogP contribution in [0.3, 0.4) is 0 Å². The topological polar surface area (TPSA) is 46.5 Å². The lowest BCUT2D eigenvalue weighted by Crippen LogP contribution is -2.15. The zero-order valence-electron chi connectivity index (χ0n) is 8.45.